The zero-order valence-electron chi connectivity index (χ0n) is 12.3. The Kier molecular flexibility index (Phi) is 4.76. The lowest BCUT2D eigenvalue weighted by atomic mass is 10.0. The molecule has 20 heavy (non-hydrogen) atoms. The maximum absolute atomic E-state index is 11.3. The molecule has 4 nitrogen and oxygen atoms in total. The van der Waals surface area contributed by atoms with Gasteiger partial charge in [0.15, 0.2) is 0 Å². The third-order valence-corrected chi connectivity index (χ3v) is 4.04. The zero-order chi connectivity index (χ0) is 14.7. The summed E-state index contributed by atoms with van der Waals surface area (Å²) >= 11 is 6.27. The monoisotopic (exact) mass is 295 g/mol. The molecule has 0 aromatic heterocycles. The first-order valence-electron chi connectivity index (χ1n) is 6.96. The molecule has 0 aliphatic carbocycles. The lowest BCUT2D eigenvalue weighted by molar-refractivity contribution is -0.129. The number of hydrogen-bond acceptors (Lipinski definition) is 3. The van der Waals surface area contributed by atoms with Crippen molar-refractivity contribution in [3.8, 4) is 0 Å². The van der Waals surface area contributed by atoms with Gasteiger partial charge in [0.25, 0.3) is 0 Å². The average Bonchev–Trinajstić information content (AvgIpc) is 2.39. The molecule has 1 aromatic carbocycles. The summed E-state index contributed by atoms with van der Waals surface area (Å²) in [5, 5.41) is 4.26. The van der Waals surface area contributed by atoms with Crippen LogP contribution in [0.1, 0.15) is 19.8 Å². The minimum Gasteiger partial charge on any atom is -0.382 e. The Bertz CT molecular complexity index is 482. The first-order chi connectivity index (χ1) is 9.47. The fourth-order valence-corrected chi connectivity index (χ4v) is 2.88. The van der Waals surface area contributed by atoms with Gasteiger partial charge in [-0.2, -0.15) is 0 Å². The number of piperidine rings is 1. The molecule has 0 saturated carbocycles. The van der Waals surface area contributed by atoms with Crippen molar-refractivity contribution in [3.05, 3.63) is 23.2 Å². The van der Waals surface area contributed by atoms with E-state index in [0.717, 1.165) is 42.3 Å². The van der Waals surface area contributed by atoms with Gasteiger partial charge in [-0.05, 0) is 31.0 Å². The SMILES string of the molecule is CC(=O)N1CCC(Nc2ccc(N(C)C)c(Cl)c2)CC1. The van der Waals surface area contributed by atoms with E-state index < -0.39 is 0 Å². The maximum atomic E-state index is 11.3. The van der Waals surface area contributed by atoms with E-state index in [1.165, 1.54) is 0 Å². The highest BCUT2D eigenvalue weighted by Crippen LogP contribution is 2.28. The molecular formula is C15H22ClN3O. The zero-order valence-corrected chi connectivity index (χ0v) is 13.1. The van der Waals surface area contributed by atoms with E-state index in [2.05, 4.69) is 11.4 Å². The predicted molar refractivity (Wildman–Crippen MR) is 84.7 cm³/mol. The maximum Gasteiger partial charge on any atom is 0.219 e. The number of nitrogens with zero attached hydrogens (tertiary/aromatic N) is 2. The molecule has 1 aliphatic heterocycles. The van der Waals surface area contributed by atoms with E-state index >= 15 is 0 Å². The second-order valence-electron chi connectivity index (χ2n) is 5.49. The molecule has 0 radical (unpaired) electrons. The van der Waals surface area contributed by atoms with E-state index in [4.69, 9.17) is 11.6 Å². The Morgan fingerprint density at radius 1 is 1.35 bits per heavy atom. The summed E-state index contributed by atoms with van der Waals surface area (Å²) in [6, 6.07) is 6.45. The molecule has 1 saturated heterocycles. The van der Waals surface area contributed by atoms with Gasteiger partial charge in [0, 0.05) is 45.8 Å². The number of nitrogens with one attached hydrogen (secondary N) is 1. The normalized spacial score (nSPS) is 16.1. The van der Waals surface area contributed by atoms with Gasteiger partial charge in [-0.25, -0.2) is 0 Å². The number of likely N-dealkylation sites (tertiary alicyclic amines) is 1. The van der Waals surface area contributed by atoms with Crippen LogP contribution in [0.25, 0.3) is 0 Å². The van der Waals surface area contributed by atoms with Crippen LogP contribution in [-0.4, -0.2) is 44.0 Å². The molecule has 1 fully saturated rings. The van der Waals surface area contributed by atoms with Crippen LogP contribution in [0.2, 0.25) is 5.02 Å². The molecule has 110 valence electrons. The van der Waals surface area contributed by atoms with Crippen LogP contribution in [0, 0.1) is 0 Å². The van der Waals surface area contributed by atoms with Crippen LogP contribution in [-0.2, 0) is 4.79 Å². The molecule has 2 rings (SSSR count). The van der Waals surface area contributed by atoms with Gasteiger partial charge in [0.05, 0.1) is 10.7 Å². The number of rotatable bonds is 3. The Morgan fingerprint density at radius 2 is 2.00 bits per heavy atom. The summed E-state index contributed by atoms with van der Waals surface area (Å²) in [5.41, 5.74) is 2.06. The molecule has 0 unspecified atom stereocenters. The minimum absolute atomic E-state index is 0.168. The summed E-state index contributed by atoms with van der Waals surface area (Å²) in [4.78, 5) is 15.2. The molecule has 0 spiro atoms. The van der Waals surface area contributed by atoms with E-state index in [1.54, 1.807) is 6.92 Å². The highest BCUT2D eigenvalue weighted by Gasteiger charge is 2.20. The summed E-state index contributed by atoms with van der Waals surface area (Å²) in [6.07, 6.45) is 1.96. The molecule has 5 heteroatoms. The number of halogens is 1. The molecule has 1 heterocycles. The lowest BCUT2D eigenvalue weighted by Crippen LogP contribution is -2.41. The molecule has 1 amide bonds. The van der Waals surface area contributed by atoms with Crippen molar-refractivity contribution < 1.29 is 4.79 Å². The van der Waals surface area contributed by atoms with Crippen molar-refractivity contribution >= 4 is 28.9 Å². The minimum atomic E-state index is 0.168. The van der Waals surface area contributed by atoms with Crippen molar-refractivity contribution in [2.45, 2.75) is 25.8 Å². The lowest BCUT2D eigenvalue weighted by Gasteiger charge is -2.32. The van der Waals surface area contributed by atoms with Crippen molar-refractivity contribution in [1.82, 2.24) is 4.90 Å². The Hall–Kier alpha value is -1.42. The van der Waals surface area contributed by atoms with Crippen LogP contribution < -0.4 is 10.2 Å². The average molecular weight is 296 g/mol. The topological polar surface area (TPSA) is 35.6 Å². The number of carbonyl (C=O) groups is 1. The third-order valence-electron chi connectivity index (χ3n) is 3.74. The molecule has 0 atom stereocenters. The van der Waals surface area contributed by atoms with Gasteiger partial charge < -0.3 is 15.1 Å². The second kappa shape index (κ2) is 6.35. The number of amides is 1. The summed E-state index contributed by atoms with van der Waals surface area (Å²) < 4.78 is 0. The number of hydrogen-bond donors (Lipinski definition) is 1. The van der Waals surface area contributed by atoms with Gasteiger partial charge in [0.1, 0.15) is 0 Å². The first kappa shape index (κ1) is 15.0. The van der Waals surface area contributed by atoms with Crippen molar-refractivity contribution in [1.29, 1.82) is 0 Å². The highest BCUT2D eigenvalue weighted by atomic mass is 35.5. The van der Waals surface area contributed by atoms with Gasteiger partial charge in [-0.3, -0.25) is 4.79 Å². The fourth-order valence-electron chi connectivity index (χ4n) is 2.53. The largest absolute Gasteiger partial charge is 0.382 e. The van der Waals surface area contributed by atoms with E-state index in [-0.39, 0.29) is 5.91 Å². The number of anilines is 2. The third kappa shape index (κ3) is 3.57. The standard InChI is InChI=1S/C15H22ClN3O/c1-11(20)19-8-6-12(7-9-19)17-13-4-5-15(18(2)3)14(16)10-13/h4-5,10,12,17H,6-9H2,1-3H3. The van der Waals surface area contributed by atoms with Gasteiger partial charge in [-0.15, -0.1) is 0 Å². The molecule has 1 N–H and O–H groups in total. The highest BCUT2D eigenvalue weighted by molar-refractivity contribution is 6.33. The van der Waals surface area contributed by atoms with Gasteiger partial charge >= 0.3 is 0 Å². The fraction of sp³-hybridized carbons (Fsp3) is 0.533. The predicted octanol–water partition coefficient (Wildman–Crippen LogP) is 2.83. The van der Waals surface area contributed by atoms with Crippen LogP contribution >= 0.6 is 11.6 Å². The van der Waals surface area contributed by atoms with Gasteiger partial charge in [0.2, 0.25) is 5.91 Å². The Morgan fingerprint density at radius 3 is 2.50 bits per heavy atom. The van der Waals surface area contributed by atoms with Gasteiger partial charge in [-0.1, -0.05) is 11.6 Å². The Labute approximate surface area is 125 Å². The van der Waals surface area contributed by atoms with Crippen molar-refractivity contribution in [2.75, 3.05) is 37.4 Å². The summed E-state index contributed by atoms with van der Waals surface area (Å²) in [7, 11) is 3.96. The van der Waals surface area contributed by atoms with Crippen LogP contribution in [0.4, 0.5) is 11.4 Å². The van der Waals surface area contributed by atoms with Crippen molar-refractivity contribution in [3.63, 3.8) is 0 Å². The van der Waals surface area contributed by atoms with E-state index in [9.17, 15) is 4.79 Å². The number of benzene rings is 1. The number of carbonyl (C=O) groups excluding carboxylic acids is 1. The smallest absolute Gasteiger partial charge is 0.219 e. The molecule has 1 aliphatic rings. The van der Waals surface area contributed by atoms with Crippen LogP contribution in [0.15, 0.2) is 18.2 Å². The quantitative estimate of drug-likeness (QED) is 0.931. The Balaban J connectivity index is 1.95. The van der Waals surface area contributed by atoms with Crippen molar-refractivity contribution in [2.24, 2.45) is 0 Å². The summed E-state index contributed by atoms with van der Waals surface area (Å²) in [6.45, 7) is 3.29. The first-order valence-corrected chi connectivity index (χ1v) is 7.34. The molecular weight excluding hydrogens is 274 g/mol. The van der Waals surface area contributed by atoms with E-state index in [1.807, 2.05) is 36.0 Å². The second-order valence-corrected chi connectivity index (χ2v) is 5.89. The summed E-state index contributed by atoms with van der Waals surface area (Å²) in [5.74, 6) is 0.168. The van der Waals surface area contributed by atoms with E-state index in [0.29, 0.717) is 6.04 Å². The van der Waals surface area contributed by atoms with Crippen LogP contribution in [0.5, 0.6) is 0 Å². The van der Waals surface area contributed by atoms with Crippen LogP contribution in [0.3, 0.4) is 0 Å². The molecule has 1 aromatic rings. The molecule has 0 bridgehead atoms.